The standard InChI is InChI=1S/C39H43BrN6O4/c1-42(2)15-7-14-41-29-21-27-31-25(37(48)46(39(27)50)19-9-17-44(5)6)12-10-22-32-28(40)20-26-30-24(13-11-23(34(30)32)33(29)35(22)31)36(47)45(38(26)49)18-8-16-43(3)4/h10-13,20-21,49H,7-9,14-19H2,1-6H3. The Morgan fingerprint density at radius 2 is 1.18 bits per heavy atom. The van der Waals surface area contributed by atoms with E-state index in [0.717, 1.165) is 62.8 Å². The van der Waals surface area contributed by atoms with Crippen LogP contribution in [0, 0.1) is 0 Å². The highest BCUT2D eigenvalue weighted by Gasteiger charge is 2.28. The van der Waals surface area contributed by atoms with Crippen LogP contribution >= 0.6 is 15.9 Å². The number of hydrogen-bond donors (Lipinski definition) is 1. The number of halogens is 1. The minimum Gasteiger partial charge on any atom is -0.494 e. The molecule has 1 N–H and O–H groups in total. The molecule has 0 amide bonds. The van der Waals surface area contributed by atoms with Crippen molar-refractivity contribution in [2.45, 2.75) is 32.4 Å². The van der Waals surface area contributed by atoms with Crippen LogP contribution in [0.25, 0.3) is 65.0 Å². The summed E-state index contributed by atoms with van der Waals surface area (Å²) in [6.07, 6.45) is 2.21. The van der Waals surface area contributed by atoms with Gasteiger partial charge in [0.15, 0.2) is 0 Å². The summed E-state index contributed by atoms with van der Waals surface area (Å²) in [6.45, 7) is 3.68. The smallest absolute Gasteiger partial charge is 0.261 e. The van der Waals surface area contributed by atoms with Gasteiger partial charge >= 0.3 is 0 Å². The van der Waals surface area contributed by atoms with Crippen molar-refractivity contribution in [1.29, 1.82) is 0 Å². The molecule has 0 radical (unpaired) electrons. The van der Waals surface area contributed by atoms with E-state index in [1.54, 1.807) is 0 Å². The topological polar surface area (TPSA) is 103 Å². The molecule has 2 heterocycles. The van der Waals surface area contributed by atoms with Gasteiger partial charge in [-0.3, -0.25) is 28.5 Å². The van der Waals surface area contributed by atoms with Crippen molar-refractivity contribution in [3.8, 4) is 17.0 Å². The molecule has 7 rings (SSSR count). The molecule has 0 spiro atoms. The Morgan fingerprint density at radius 3 is 1.84 bits per heavy atom. The van der Waals surface area contributed by atoms with Crippen LogP contribution in [0.1, 0.15) is 19.3 Å². The monoisotopic (exact) mass is 738 g/mol. The second-order valence-corrected chi connectivity index (χ2v) is 15.2. The lowest BCUT2D eigenvalue weighted by molar-refractivity contribution is 0.365. The van der Waals surface area contributed by atoms with E-state index in [1.165, 1.54) is 9.13 Å². The summed E-state index contributed by atoms with van der Waals surface area (Å²) in [5, 5.41) is 19.7. The fourth-order valence-corrected chi connectivity index (χ4v) is 8.36. The van der Waals surface area contributed by atoms with Gasteiger partial charge in [0, 0.05) is 72.8 Å². The molecule has 11 heteroatoms. The molecule has 50 heavy (non-hydrogen) atoms. The molecule has 1 aromatic heterocycles. The third kappa shape index (κ3) is 5.51. The lowest BCUT2D eigenvalue weighted by Crippen LogP contribution is -2.36. The molecule has 0 unspecified atom stereocenters. The number of hydrogen-bond acceptors (Lipinski definition) is 8. The first-order valence-corrected chi connectivity index (χ1v) is 18.0. The zero-order valence-electron chi connectivity index (χ0n) is 29.6. The van der Waals surface area contributed by atoms with Crippen LogP contribution in [-0.4, -0.2) is 97.4 Å². The van der Waals surface area contributed by atoms with Crippen LogP contribution in [0.5, 0.6) is 5.88 Å². The average molecular weight is 740 g/mol. The second kappa shape index (κ2) is 13.2. The van der Waals surface area contributed by atoms with Gasteiger partial charge in [0.1, 0.15) is 0 Å². The fourth-order valence-electron chi connectivity index (χ4n) is 7.72. The molecular formula is C39H43BrN6O4. The Balaban J connectivity index is 1.61. The first kappa shape index (κ1) is 34.3. The van der Waals surface area contributed by atoms with E-state index >= 15 is 0 Å². The molecular weight excluding hydrogens is 696 g/mol. The van der Waals surface area contributed by atoms with Gasteiger partial charge in [-0.1, -0.05) is 28.1 Å². The van der Waals surface area contributed by atoms with Gasteiger partial charge in [-0.25, -0.2) is 0 Å². The average Bonchev–Trinajstić information content (AvgIpc) is 3.07. The van der Waals surface area contributed by atoms with Gasteiger partial charge in [-0.15, -0.1) is 0 Å². The van der Waals surface area contributed by atoms with E-state index in [0.29, 0.717) is 70.5 Å². The van der Waals surface area contributed by atoms with Crippen molar-refractivity contribution in [1.82, 2.24) is 23.8 Å². The molecule has 260 valence electrons. The summed E-state index contributed by atoms with van der Waals surface area (Å²) < 4.78 is 3.61. The predicted octanol–water partition coefficient (Wildman–Crippen LogP) is 4.78. The highest BCUT2D eigenvalue weighted by molar-refractivity contribution is 9.10. The molecule has 0 bridgehead atoms. The highest BCUT2D eigenvalue weighted by atomic mass is 79.9. The summed E-state index contributed by atoms with van der Waals surface area (Å²) in [6, 6.07) is 11.4. The Bertz CT molecular complexity index is 2610. The molecule has 1 aliphatic carbocycles. The van der Waals surface area contributed by atoms with Gasteiger partial charge in [-0.05, 0) is 116 Å². The van der Waals surface area contributed by atoms with Gasteiger partial charge in [-0.2, -0.15) is 0 Å². The molecule has 0 saturated heterocycles. The van der Waals surface area contributed by atoms with Crippen molar-refractivity contribution in [2.75, 3.05) is 68.5 Å². The van der Waals surface area contributed by atoms with E-state index in [-0.39, 0.29) is 22.6 Å². The first-order chi connectivity index (χ1) is 23.9. The van der Waals surface area contributed by atoms with Crippen LogP contribution in [0.4, 0.5) is 0 Å². The zero-order chi connectivity index (χ0) is 35.6. The minimum atomic E-state index is -0.302. The maximum absolute atomic E-state index is 14.2. The number of aromatic hydroxyl groups is 1. The van der Waals surface area contributed by atoms with Gasteiger partial charge in [0.25, 0.3) is 16.7 Å². The quantitative estimate of drug-likeness (QED) is 0.109. The summed E-state index contributed by atoms with van der Waals surface area (Å²) in [4.78, 5) is 53.6. The SMILES string of the molecule is CN(C)CCCN=c1cc2c(=O)n(CCCN(C)C)c(=O)c3ccc4c(c3-2)c1c1ccc2c(=O)n(CCCN(C)C)c(O)c3cc(Br)c4c1c32. The molecule has 5 aromatic rings. The molecule has 10 nitrogen and oxygen atoms in total. The van der Waals surface area contributed by atoms with Gasteiger partial charge in [0.2, 0.25) is 5.88 Å². The third-order valence-electron chi connectivity index (χ3n) is 9.98. The Kier molecular flexibility index (Phi) is 9.05. The van der Waals surface area contributed by atoms with Crippen molar-refractivity contribution >= 4 is 69.8 Å². The Labute approximate surface area is 297 Å². The van der Waals surface area contributed by atoms with E-state index in [2.05, 4.69) is 25.7 Å². The summed E-state index contributed by atoms with van der Waals surface area (Å²) in [5.74, 6) is -0.0548. The number of rotatable bonds is 12. The van der Waals surface area contributed by atoms with E-state index in [1.807, 2.05) is 83.6 Å². The second-order valence-electron chi connectivity index (χ2n) is 14.3. The van der Waals surface area contributed by atoms with Crippen molar-refractivity contribution in [3.63, 3.8) is 0 Å². The van der Waals surface area contributed by atoms with E-state index in [9.17, 15) is 19.5 Å². The largest absolute Gasteiger partial charge is 0.494 e. The maximum atomic E-state index is 14.2. The van der Waals surface area contributed by atoms with Crippen LogP contribution in [0.3, 0.4) is 0 Å². The summed E-state index contributed by atoms with van der Waals surface area (Å²) >= 11 is 3.85. The molecule has 0 fully saturated rings. The Hall–Kier alpha value is -4.16. The van der Waals surface area contributed by atoms with Crippen LogP contribution < -0.4 is 22.0 Å². The molecule has 0 saturated carbocycles. The normalized spacial score (nSPS) is 13.2. The van der Waals surface area contributed by atoms with Crippen LogP contribution in [0.2, 0.25) is 0 Å². The highest BCUT2D eigenvalue weighted by Crippen LogP contribution is 2.48. The third-order valence-corrected chi connectivity index (χ3v) is 10.6. The van der Waals surface area contributed by atoms with Gasteiger partial charge in [0.05, 0.1) is 10.9 Å². The zero-order valence-corrected chi connectivity index (χ0v) is 31.1. The number of aromatic nitrogens is 2. The predicted molar refractivity (Wildman–Crippen MR) is 208 cm³/mol. The lowest BCUT2D eigenvalue weighted by Gasteiger charge is -2.23. The maximum Gasteiger partial charge on any atom is 0.261 e. The number of benzene rings is 5. The van der Waals surface area contributed by atoms with Crippen LogP contribution in [0.15, 0.2) is 60.2 Å². The van der Waals surface area contributed by atoms with Gasteiger partial charge < -0.3 is 19.8 Å². The molecule has 0 atom stereocenters. The van der Waals surface area contributed by atoms with Crippen molar-refractivity contribution in [2.24, 2.45) is 4.99 Å². The molecule has 4 aromatic carbocycles. The number of nitrogens with zero attached hydrogens (tertiary/aromatic N) is 6. The number of fused-ring (bicyclic) bond motifs is 2. The minimum absolute atomic E-state index is 0.0548. The molecule has 2 aliphatic rings. The van der Waals surface area contributed by atoms with E-state index in [4.69, 9.17) is 4.99 Å². The molecule has 1 aliphatic heterocycles. The summed E-state index contributed by atoms with van der Waals surface area (Å²) in [5.41, 5.74) is 0.306. The van der Waals surface area contributed by atoms with E-state index < -0.39 is 0 Å². The Morgan fingerprint density at radius 1 is 0.620 bits per heavy atom. The number of pyridine rings is 2. The fraction of sp³-hybridized carbons (Fsp3) is 0.385. The summed E-state index contributed by atoms with van der Waals surface area (Å²) in [7, 11) is 12.0. The van der Waals surface area contributed by atoms with Crippen LogP contribution in [-0.2, 0) is 13.1 Å². The first-order valence-electron chi connectivity index (χ1n) is 17.2. The lowest BCUT2D eigenvalue weighted by atomic mass is 9.83. The van der Waals surface area contributed by atoms with Crippen molar-refractivity contribution < 1.29 is 5.11 Å². The van der Waals surface area contributed by atoms with Crippen molar-refractivity contribution in [3.05, 3.63) is 77.3 Å².